The summed E-state index contributed by atoms with van der Waals surface area (Å²) >= 11 is 6.68. The Kier molecular flexibility index (Phi) is 2.70. The number of thiazole rings is 1. The Morgan fingerprint density at radius 1 is 1.33 bits per heavy atom. The van der Waals surface area contributed by atoms with Crippen LogP contribution in [0.1, 0.15) is 9.67 Å². The highest BCUT2D eigenvalue weighted by Crippen LogP contribution is 2.30. The second-order valence-corrected chi connectivity index (χ2v) is 4.40. The molecule has 1 N–H and O–H groups in total. The molecule has 0 amide bonds. The maximum Gasteiger partial charge on any atom is 0.348 e. The van der Waals surface area contributed by atoms with Crippen LogP contribution in [0.15, 0.2) is 30.3 Å². The molecule has 3 nitrogen and oxygen atoms in total. The summed E-state index contributed by atoms with van der Waals surface area (Å²) in [7, 11) is 0. The number of aromatic carboxylic acids is 1. The number of halogens is 1. The topological polar surface area (TPSA) is 50.2 Å². The molecule has 0 unspecified atom stereocenters. The van der Waals surface area contributed by atoms with Gasteiger partial charge in [-0.2, -0.15) is 0 Å². The van der Waals surface area contributed by atoms with Gasteiger partial charge in [0.15, 0.2) is 4.47 Å². The molecule has 0 aliphatic heterocycles. The van der Waals surface area contributed by atoms with Gasteiger partial charge in [0.2, 0.25) is 0 Å². The van der Waals surface area contributed by atoms with Crippen molar-refractivity contribution in [3.63, 3.8) is 0 Å². The zero-order valence-electron chi connectivity index (χ0n) is 7.48. The van der Waals surface area contributed by atoms with E-state index in [4.69, 9.17) is 16.7 Å². The summed E-state index contributed by atoms with van der Waals surface area (Å²) < 4.78 is 0.242. The van der Waals surface area contributed by atoms with Crippen LogP contribution in [0, 0.1) is 0 Å². The summed E-state index contributed by atoms with van der Waals surface area (Å²) in [4.78, 5) is 15.1. The summed E-state index contributed by atoms with van der Waals surface area (Å²) in [5.74, 6) is -1.00. The molecule has 0 aliphatic carbocycles. The minimum absolute atomic E-state index is 0.172. The number of benzene rings is 1. The molecule has 2 aromatic rings. The number of hydrogen-bond donors (Lipinski definition) is 1. The first-order valence-electron chi connectivity index (χ1n) is 4.13. The minimum atomic E-state index is -1.00. The largest absolute Gasteiger partial charge is 0.477 e. The summed E-state index contributed by atoms with van der Waals surface area (Å²) in [6, 6.07) is 9.12. The lowest BCUT2D eigenvalue weighted by Gasteiger charge is -1.97. The van der Waals surface area contributed by atoms with Crippen molar-refractivity contribution >= 4 is 28.9 Å². The van der Waals surface area contributed by atoms with Gasteiger partial charge in [-0.1, -0.05) is 53.3 Å². The fourth-order valence-corrected chi connectivity index (χ4v) is 2.20. The van der Waals surface area contributed by atoms with Crippen molar-refractivity contribution in [3.8, 4) is 11.3 Å². The van der Waals surface area contributed by atoms with Crippen LogP contribution in [0.25, 0.3) is 11.3 Å². The highest BCUT2D eigenvalue weighted by atomic mass is 35.5. The molecule has 2 rings (SSSR count). The second-order valence-electron chi connectivity index (χ2n) is 2.82. The maximum atomic E-state index is 10.9. The monoisotopic (exact) mass is 239 g/mol. The molecule has 1 aromatic heterocycles. The Bertz CT molecular complexity index is 495. The molecule has 0 spiro atoms. The van der Waals surface area contributed by atoms with E-state index < -0.39 is 5.97 Å². The van der Waals surface area contributed by atoms with Crippen LogP contribution in [0.3, 0.4) is 0 Å². The van der Waals surface area contributed by atoms with Crippen LogP contribution < -0.4 is 0 Å². The molecule has 1 aromatic carbocycles. The third kappa shape index (κ3) is 2.00. The van der Waals surface area contributed by atoms with E-state index in [1.807, 2.05) is 18.2 Å². The molecule has 0 bridgehead atoms. The minimum Gasteiger partial charge on any atom is -0.477 e. The first-order valence-corrected chi connectivity index (χ1v) is 5.33. The van der Waals surface area contributed by atoms with Gasteiger partial charge in [0.25, 0.3) is 0 Å². The Balaban J connectivity index is 2.58. The van der Waals surface area contributed by atoms with Gasteiger partial charge >= 0.3 is 5.97 Å². The van der Waals surface area contributed by atoms with Crippen LogP contribution in [-0.4, -0.2) is 16.1 Å². The van der Waals surface area contributed by atoms with E-state index in [1.165, 1.54) is 0 Å². The summed E-state index contributed by atoms with van der Waals surface area (Å²) in [6.45, 7) is 0. The normalized spacial score (nSPS) is 10.2. The smallest absolute Gasteiger partial charge is 0.348 e. The third-order valence-corrected chi connectivity index (χ3v) is 2.99. The van der Waals surface area contributed by atoms with Crippen LogP contribution in [-0.2, 0) is 0 Å². The first-order chi connectivity index (χ1) is 7.18. The van der Waals surface area contributed by atoms with Gasteiger partial charge in [0, 0.05) is 5.56 Å². The number of rotatable bonds is 2. The van der Waals surface area contributed by atoms with E-state index in [1.54, 1.807) is 12.1 Å². The molecule has 0 atom stereocenters. The van der Waals surface area contributed by atoms with Crippen molar-refractivity contribution < 1.29 is 9.90 Å². The zero-order chi connectivity index (χ0) is 10.8. The Labute approximate surface area is 95.0 Å². The number of carboxylic acids is 1. The van der Waals surface area contributed by atoms with Crippen molar-refractivity contribution in [3.05, 3.63) is 39.7 Å². The summed E-state index contributed by atoms with van der Waals surface area (Å²) in [5.41, 5.74) is 1.19. The van der Waals surface area contributed by atoms with Gasteiger partial charge in [-0.25, -0.2) is 9.78 Å². The Hall–Kier alpha value is -1.39. The molecule has 1 heterocycles. The van der Waals surface area contributed by atoms with Gasteiger partial charge in [-0.15, -0.1) is 0 Å². The maximum absolute atomic E-state index is 10.9. The average Bonchev–Trinajstić information content (AvgIpc) is 2.62. The number of carbonyl (C=O) groups is 1. The molecule has 0 aliphatic rings. The van der Waals surface area contributed by atoms with E-state index in [2.05, 4.69) is 4.98 Å². The zero-order valence-corrected chi connectivity index (χ0v) is 9.05. The molecular formula is C10H6ClNO2S. The predicted octanol–water partition coefficient (Wildman–Crippen LogP) is 3.16. The van der Waals surface area contributed by atoms with E-state index in [0.29, 0.717) is 5.69 Å². The lowest BCUT2D eigenvalue weighted by Crippen LogP contribution is -1.95. The number of nitrogens with zero attached hydrogens (tertiary/aromatic N) is 1. The molecule has 0 radical (unpaired) electrons. The first kappa shape index (κ1) is 10.1. The number of hydrogen-bond acceptors (Lipinski definition) is 3. The van der Waals surface area contributed by atoms with Crippen LogP contribution in [0.4, 0.5) is 0 Å². The molecule has 0 saturated heterocycles. The van der Waals surface area contributed by atoms with Crippen LogP contribution in [0.2, 0.25) is 4.47 Å². The van der Waals surface area contributed by atoms with Crippen LogP contribution >= 0.6 is 22.9 Å². The second kappa shape index (κ2) is 4.00. The predicted molar refractivity (Wildman–Crippen MR) is 59.5 cm³/mol. The quantitative estimate of drug-likeness (QED) is 0.876. The summed E-state index contributed by atoms with van der Waals surface area (Å²) in [5, 5.41) is 8.95. The lowest BCUT2D eigenvalue weighted by atomic mass is 10.1. The highest BCUT2D eigenvalue weighted by Gasteiger charge is 2.17. The average molecular weight is 240 g/mol. The number of aromatic nitrogens is 1. The fourth-order valence-electron chi connectivity index (χ4n) is 1.23. The van der Waals surface area contributed by atoms with E-state index >= 15 is 0 Å². The van der Waals surface area contributed by atoms with Gasteiger partial charge in [-0.3, -0.25) is 0 Å². The summed E-state index contributed by atoms with van der Waals surface area (Å²) in [6.07, 6.45) is 0. The molecule has 5 heteroatoms. The van der Waals surface area contributed by atoms with E-state index in [0.717, 1.165) is 16.9 Å². The van der Waals surface area contributed by atoms with Crippen LogP contribution in [0.5, 0.6) is 0 Å². The van der Waals surface area contributed by atoms with Crippen molar-refractivity contribution in [1.82, 2.24) is 4.98 Å². The molecular weight excluding hydrogens is 234 g/mol. The van der Waals surface area contributed by atoms with E-state index in [-0.39, 0.29) is 9.34 Å². The molecule has 0 saturated carbocycles. The standard InChI is InChI=1S/C10H6ClNO2S/c11-10-12-7(8(15-10)9(13)14)6-4-2-1-3-5-6/h1-5H,(H,13,14). The van der Waals surface area contributed by atoms with Gasteiger partial charge in [0.05, 0.1) is 5.69 Å². The SMILES string of the molecule is O=C(O)c1sc(Cl)nc1-c1ccccc1. The Morgan fingerprint density at radius 2 is 2.00 bits per heavy atom. The van der Waals surface area contributed by atoms with Gasteiger partial charge < -0.3 is 5.11 Å². The fraction of sp³-hybridized carbons (Fsp3) is 0. The van der Waals surface area contributed by atoms with Crippen molar-refractivity contribution in [2.24, 2.45) is 0 Å². The third-order valence-electron chi connectivity index (χ3n) is 1.84. The van der Waals surface area contributed by atoms with Crippen molar-refractivity contribution in [1.29, 1.82) is 0 Å². The Morgan fingerprint density at radius 3 is 2.60 bits per heavy atom. The van der Waals surface area contributed by atoms with Crippen molar-refractivity contribution in [2.45, 2.75) is 0 Å². The molecule has 15 heavy (non-hydrogen) atoms. The van der Waals surface area contributed by atoms with Crippen molar-refractivity contribution in [2.75, 3.05) is 0 Å². The lowest BCUT2D eigenvalue weighted by molar-refractivity contribution is 0.0702. The molecule has 0 fully saturated rings. The van der Waals surface area contributed by atoms with Gasteiger partial charge in [0.1, 0.15) is 4.88 Å². The highest BCUT2D eigenvalue weighted by molar-refractivity contribution is 7.17. The van der Waals surface area contributed by atoms with E-state index in [9.17, 15) is 4.79 Å². The number of carboxylic acid groups (broad SMARTS) is 1. The van der Waals surface area contributed by atoms with Gasteiger partial charge in [-0.05, 0) is 0 Å². The molecule has 76 valence electrons.